The molecule has 0 bridgehead atoms. The minimum Gasteiger partial charge on any atom is -0.383 e. The van der Waals surface area contributed by atoms with Gasteiger partial charge < -0.3 is 5.73 Å². The van der Waals surface area contributed by atoms with E-state index in [0.717, 1.165) is 33.6 Å². The Morgan fingerprint density at radius 2 is 2.06 bits per heavy atom. The van der Waals surface area contributed by atoms with E-state index >= 15 is 0 Å². The van der Waals surface area contributed by atoms with Crippen molar-refractivity contribution in [2.24, 2.45) is 0 Å². The van der Waals surface area contributed by atoms with Crippen molar-refractivity contribution < 1.29 is 0 Å². The number of para-hydroxylation sites is 1. The van der Waals surface area contributed by atoms with Gasteiger partial charge in [0.1, 0.15) is 11.2 Å². The molecule has 0 fully saturated rings. The molecule has 2 N–H and O–H groups in total. The number of thioether (sulfide) groups is 1. The fourth-order valence-electron chi connectivity index (χ4n) is 1.69. The van der Waals surface area contributed by atoms with Gasteiger partial charge in [-0.25, -0.2) is 4.68 Å². The molecule has 0 saturated carbocycles. The van der Waals surface area contributed by atoms with E-state index in [2.05, 4.69) is 5.10 Å². The summed E-state index contributed by atoms with van der Waals surface area (Å²) in [5.74, 6) is 0.517. The number of nitrogens with two attached hydrogens (primary N) is 1. The molecular weight excluding hydrogens is 232 g/mol. The van der Waals surface area contributed by atoms with Gasteiger partial charge in [-0.05, 0) is 37.2 Å². The molecule has 2 aromatic rings. The first-order valence-corrected chi connectivity index (χ1v) is 5.94. The van der Waals surface area contributed by atoms with Crippen LogP contribution in [0, 0.1) is 24.5 Å². The van der Waals surface area contributed by atoms with Crippen molar-refractivity contribution in [3.8, 4) is 11.1 Å². The largest absolute Gasteiger partial charge is 0.383 e. The van der Waals surface area contributed by atoms with Gasteiger partial charge >= 0.3 is 0 Å². The van der Waals surface area contributed by atoms with E-state index in [1.807, 2.05) is 43.5 Å². The molecule has 0 spiro atoms. The maximum Gasteiger partial charge on any atom is 0.142 e. The Hall–Kier alpha value is -1.93. The first kappa shape index (κ1) is 11.6. The number of hydrogen-bond acceptors (Lipinski definition) is 4. The normalized spacial score (nSPS) is 10.2. The third-order valence-electron chi connectivity index (χ3n) is 2.53. The summed E-state index contributed by atoms with van der Waals surface area (Å²) in [6.07, 6.45) is 0. The van der Waals surface area contributed by atoms with E-state index in [1.165, 1.54) is 0 Å². The van der Waals surface area contributed by atoms with Crippen molar-refractivity contribution in [2.75, 3.05) is 5.73 Å². The molecule has 0 aliphatic carbocycles. The van der Waals surface area contributed by atoms with E-state index in [0.29, 0.717) is 5.82 Å². The summed E-state index contributed by atoms with van der Waals surface area (Å²) in [4.78, 5) is 0.732. The van der Waals surface area contributed by atoms with Crippen LogP contribution < -0.4 is 5.73 Å². The van der Waals surface area contributed by atoms with Gasteiger partial charge in [0.25, 0.3) is 0 Å². The summed E-state index contributed by atoms with van der Waals surface area (Å²) in [7, 11) is 0. The van der Waals surface area contributed by atoms with E-state index < -0.39 is 0 Å². The summed E-state index contributed by atoms with van der Waals surface area (Å²) >= 11 is 1.05. The fourth-order valence-corrected chi connectivity index (χ4v) is 2.16. The number of nitrogen functional groups attached to an aromatic ring is 1. The fraction of sp³-hybridized carbons (Fsp3) is 0.167. The molecule has 0 aliphatic rings. The third-order valence-corrected chi connectivity index (χ3v) is 3.33. The van der Waals surface area contributed by atoms with E-state index in [-0.39, 0.29) is 0 Å². The quantitative estimate of drug-likeness (QED) is 0.651. The number of aryl methyl sites for hydroxylation is 2. The molecule has 1 heterocycles. The zero-order chi connectivity index (χ0) is 12.4. The van der Waals surface area contributed by atoms with Crippen LogP contribution in [0.2, 0.25) is 0 Å². The van der Waals surface area contributed by atoms with Crippen LogP contribution in [0.4, 0.5) is 5.82 Å². The lowest BCUT2D eigenvalue weighted by Crippen LogP contribution is -2.03. The second-order valence-electron chi connectivity index (χ2n) is 3.69. The topological polar surface area (TPSA) is 67.6 Å². The highest BCUT2D eigenvalue weighted by molar-refractivity contribution is 8.03. The summed E-state index contributed by atoms with van der Waals surface area (Å²) < 4.78 is 1.68. The highest BCUT2D eigenvalue weighted by atomic mass is 32.2. The first-order valence-electron chi connectivity index (χ1n) is 5.12. The number of aromatic nitrogens is 2. The Morgan fingerprint density at radius 3 is 2.71 bits per heavy atom. The number of thiocyanates is 1. The van der Waals surface area contributed by atoms with Crippen LogP contribution in [-0.2, 0) is 0 Å². The average molecular weight is 244 g/mol. The van der Waals surface area contributed by atoms with Crippen molar-refractivity contribution in [1.82, 2.24) is 9.78 Å². The zero-order valence-electron chi connectivity index (χ0n) is 9.64. The van der Waals surface area contributed by atoms with E-state index in [9.17, 15) is 0 Å². The zero-order valence-corrected chi connectivity index (χ0v) is 10.5. The molecular formula is C12H12N4S. The molecule has 86 valence electrons. The molecule has 17 heavy (non-hydrogen) atoms. The SMILES string of the molecule is Cc1ccccc1-n1nc(C)c(SC#N)c1N. The average Bonchev–Trinajstić information content (AvgIpc) is 2.58. The summed E-state index contributed by atoms with van der Waals surface area (Å²) in [6, 6.07) is 7.87. The summed E-state index contributed by atoms with van der Waals surface area (Å²) in [6.45, 7) is 3.85. The van der Waals surface area contributed by atoms with Crippen LogP contribution in [0.1, 0.15) is 11.3 Å². The Kier molecular flexibility index (Phi) is 3.07. The highest BCUT2D eigenvalue weighted by Gasteiger charge is 2.14. The number of anilines is 1. The molecule has 0 amide bonds. The highest BCUT2D eigenvalue weighted by Crippen LogP contribution is 2.30. The monoisotopic (exact) mass is 244 g/mol. The van der Waals surface area contributed by atoms with Gasteiger partial charge in [0, 0.05) is 0 Å². The predicted molar refractivity (Wildman–Crippen MR) is 68.9 cm³/mol. The smallest absolute Gasteiger partial charge is 0.142 e. The molecule has 2 rings (SSSR count). The Labute approximate surface area is 104 Å². The number of rotatable bonds is 2. The third kappa shape index (κ3) is 1.99. The number of nitriles is 1. The van der Waals surface area contributed by atoms with Crippen molar-refractivity contribution in [3.63, 3.8) is 0 Å². The van der Waals surface area contributed by atoms with Crippen LogP contribution in [0.3, 0.4) is 0 Å². The molecule has 0 aliphatic heterocycles. The van der Waals surface area contributed by atoms with Crippen LogP contribution >= 0.6 is 11.8 Å². The van der Waals surface area contributed by atoms with Crippen LogP contribution in [0.15, 0.2) is 29.2 Å². The maximum absolute atomic E-state index is 8.72. The standard InChI is InChI=1S/C12H12N4S/c1-8-5-3-4-6-10(8)16-12(14)11(17-7-13)9(2)15-16/h3-6H,14H2,1-2H3. The van der Waals surface area contributed by atoms with Crippen LogP contribution in [0.25, 0.3) is 5.69 Å². The predicted octanol–water partition coefficient (Wildman–Crippen LogP) is 2.64. The first-order chi connectivity index (χ1) is 8.15. The molecule has 0 unspecified atom stereocenters. The Bertz CT molecular complexity index is 595. The van der Waals surface area contributed by atoms with Gasteiger partial charge in [-0.2, -0.15) is 10.4 Å². The van der Waals surface area contributed by atoms with Crippen molar-refractivity contribution in [3.05, 3.63) is 35.5 Å². The lowest BCUT2D eigenvalue weighted by atomic mass is 10.2. The molecule has 4 nitrogen and oxygen atoms in total. The van der Waals surface area contributed by atoms with E-state index in [4.69, 9.17) is 11.0 Å². The maximum atomic E-state index is 8.72. The summed E-state index contributed by atoms with van der Waals surface area (Å²) in [5, 5.41) is 15.1. The van der Waals surface area contributed by atoms with Crippen molar-refractivity contribution in [2.45, 2.75) is 18.7 Å². The second-order valence-corrected chi connectivity index (χ2v) is 4.49. The van der Waals surface area contributed by atoms with Gasteiger partial charge in [0.15, 0.2) is 0 Å². The molecule has 0 saturated heterocycles. The molecule has 0 atom stereocenters. The van der Waals surface area contributed by atoms with Gasteiger partial charge in [-0.3, -0.25) is 0 Å². The van der Waals surface area contributed by atoms with E-state index in [1.54, 1.807) is 4.68 Å². The lowest BCUT2D eigenvalue weighted by Gasteiger charge is -2.07. The second kappa shape index (κ2) is 4.52. The Balaban J connectivity index is 2.59. The van der Waals surface area contributed by atoms with Gasteiger partial charge in [0.2, 0.25) is 0 Å². The molecule has 1 aromatic heterocycles. The minimum atomic E-state index is 0.517. The van der Waals surface area contributed by atoms with Crippen molar-refractivity contribution in [1.29, 1.82) is 5.26 Å². The van der Waals surface area contributed by atoms with Gasteiger partial charge in [-0.1, -0.05) is 18.2 Å². The van der Waals surface area contributed by atoms with Gasteiger partial charge in [-0.15, -0.1) is 0 Å². The molecule has 0 radical (unpaired) electrons. The molecule has 5 heteroatoms. The number of hydrogen-bond donors (Lipinski definition) is 1. The molecule has 1 aromatic carbocycles. The van der Waals surface area contributed by atoms with Crippen molar-refractivity contribution >= 4 is 17.6 Å². The number of benzene rings is 1. The van der Waals surface area contributed by atoms with Crippen LogP contribution in [0.5, 0.6) is 0 Å². The Morgan fingerprint density at radius 1 is 1.35 bits per heavy atom. The number of nitrogens with zero attached hydrogens (tertiary/aromatic N) is 3. The minimum absolute atomic E-state index is 0.517. The van der Waals surface area contributed by atoms with Gasteiger partial charge in [0.05, 0.1) is 16.3 Å². The van der Waals surface area contributed by atoms with Crippen LogP contribution in [-0.4, -0.2) is 9.78 Å². The lowest BCUT2D eigenvalue weighted by molar-refractivity contribution is 0.865. The summed E-state index contributed by atoms with van der Waals surface area (Å²) in [5.41, 5.74) is 8.83.